The quantitative estimate of drug-likeness (QED) is 0.710. The molecule has 4 heteroatoms. The summed E-state index contributed by atoms with van der Waals surface area (Å²) in [6, 6.07) is 5.74. The molecule has 3 nitrogen and oxygen atoms in total. The lowest BCUT2D eigenvalue weighted by molar-refractivity contribution is -0.130. The SMILES string of the molecule is CC(=O)N1CC2(C)CC1c1cc(Cl)ccc1O2. The van der Waals surface area contributed by atoms with Gasteiger partial charge in [0.25, 0.3) is 0 Å². The van der Waals surface area contributed by atoms with Gasteiger partial charge in [-0.1, -0.05) is 11.6 Å². The first-order valence-electron chi connectivity index (χ1n) is 5.74. The third kappa shape index (κ3) is 1.61. The van der Waals surface area contributed by atoms with Gasteiger partial charge in [0.2, 0.25) is 5.91 Å². The van der Waals surface area contributed by atoms with E-state index in [9.17, 15) is 4.79 Å². The molecule has 2 aliphatic heterocycles. The maximum absolute atomic E-state index is 11.7. The highest BCUT2D eigenvalue weighted by Crippen LogP contribution is 2.48. The van der Waals surface area contributed by atoms with Gasteiger partial charge in [-0.3, -0.25) is 4.79 Å². The number of nitrogens with zero attached hydrogens (tertiary/aromatic N) is 1. The highest BCUT2D eigenvalue weighted by atomic mass is 35.5. The summed E-state index contributed by atoms with van der Waals surface area (Å²) in [6.45, 7) is 4.31. The van der Waals surface area contributed by atoms with Crippen LogP contribution in [0.25, 0.3) is 0 Å². The standard InChI is InChI=1S/C13H14ClNO2/c1-8(16)15-7-13(2)6-11(15)10-5-9(14)3-4-12(10)17-13/h3-5,11H,6-7H2,1-2H3. The van der Waals surface area contributed by atoms with Crippen LogP contribution in [-0.4, -0.2) is 23.0 Å². The summed E-state index contributed by atoms with van der Waals surface area (Å²) in [5.74, 6) is 0.951. The van der Waals surface area contributed by atoms with Gasteiger partial charge < -0.3 is 9.64 Å². The Labute approximate surface area is 105 Å². The summed E-state index contributed by atoms with van der Waals surface area (Å²) in [5, 5.41) is 0.686. The summed E-state index contributed by atoms with van der Waals surface area (Å²) in [7, 11) is 0. The van der Waals surface area contributed by atoms with Crippen LogP contribution >= 0.6 is 11.6 Å². The van der Waals surface area contributed by atoms with Gasteiger partial charge in [0.05, 0.1) is 12.6 Å². The maximum Gasteiger partial charge on any atom is 0.220 e. The van der Waals surface area contributed by atoms with Crippen molar-refractivity contribution in [2.75, 3.05) is 6.54 Å². The Kier molecular flexibility index (Phi) is 2.17. The monoisotopic (exact) mass is 251 g/mol. The lowest BCUT2D eigenvalue weighted by Crippen LogP contribution is -2.36. The van der Waals surface area contributed by atoms with Crippen LogP contribution in [0.2, 0.25) is 5.02 Å². The Morgan fingerprint density at radius 2 is 2.35 bits per heavy atom. The van der Waals surface area contributed by atoms with E-state index in [0.717, 1.165) is 17.7 Å². The van der Waals surface area contributed by atoms with Crippen molar-refractivity contribution in [3.05, 3.63) is 28.8 Å². The molecule has 2 atom stereocenters. The average Bonchev–Trinajstić information content (AvgIpc) is 2.54. The first kappa shape index (κ1) is 10.9. The average molecular weight is 252 g/mol. The van der Waals surface area contributed by atoms with Crippen LogP contribution in [0.1, 0.15) is 31.9 Å². The smallest absolute Gasteiger partial charge is 0.220 e. The Morgan fingerprint density at radius 1 is 1.59 bits per heavy atom. The Bertz CT molecular complexity index is 502. The lowest BCUT2D eigenvalue weighted by atomic mass is 9.93. The molecular formula is C13H14ClNO2. The molecule has 90 valence electrons. The topological polar surface area (TPSA) is 29.5 Å². The van der Waals surface area contributed by atoms with Crippen LogP contribution in [0.5, 0.6) is 5.75 Å². The second-order valence-corrected chi connectivity index (χ2v) is 5.54. The Balaban J connectivity index is 2.11. The van der Waals surface area contributed by atoms with Gasteiger partial charge in [0, 0.05) is 23.9 Å². The van der Waals surface area contributed by atoms with Crippen LogP contribution in [0.4, 0.5) is 0 Å². The van der Waals surface area contributed by atoms with E-state index in [1.54, 1.807) is 6.92 Å². The van der Waals surface area contributed by atoms with Crippen molar-refractivity contribution in [2.24, 2.45) is 0 Å². The molecule has 2 bridgehead atoms. The number of fused-ring (bicyclic) bond motifs is 4. The number of benzene rings is 1. The van der Waals surface area contributed by atoms with Gasteiger partial charge in [-0.2, -0.15) is 0 Å². The second kappa shape index (κ2) is 3.39. The van der Waals surface area contributed by atoms with Gasteiger partial charge in [-0.25, -0.2) is 0 Å². The van der Waals surface area contributed by atoms with Crippen molar-refractivity contribution in [3.63, 3.8) is 0 Å². The molecule has 2 unspecified atom stereocenters. The molecule has 1 amide bonds. The number of ether oxygens (including phenoxy) is 1. The lowest BCUT2D eigenvalue weighted by Gasteiger charge is -2.31. The van der Waals surface area contributed by atoms with Crippen LogP contribution in [0.3, 0.4) is 0 Å². The fourth-order valence-corrected chi connectivity index (χ4v) is 3.06. The van der Waals surface area contributed by atoms with E-state index in [2.05, 4.69) is 6.92 Å². The van der Waals surface area contributed by atoms with Crippen LogP contribution in [0.15, 0.2) is 18.2 Å². The third-order valence-electron chi connectivity index (χ3n) is 3.60. The first-order chi connectivity index (χ1) is 7.98. The van der Waals surface area contributed by atoms with Crippen molar-refractivity contribution in [1.29, 1.82) is 0 Å². The van der Waals surface area contributed by atoms with Crippen molar-refractivity contribution >= 4 is 17.5 Å². The third-order valence-corrected chi connectivity index (χ3v) is 3.83. The van der Waals surface area contributed by atoms with Gasteiger partial charge in [0.15, 0.2) is 0 Å². The highest BCUT2D eigenvalue weighted by Gasteiger charge is 2.48. The van der Waals surface area contributed by atoms with E-state index in [-0.39, 0.29) is 17.6 Å². The zero-order valence-corrected chi connectivity index (χ0v) is 10.6. The van der Waals surface area contributed by atoms with Crippen LogP contribution in [-0.2, 0) is 4.79 Å². The summed E-state index contributed by atoms with van der Waals surface area (Å²) in [4.78, 5) is 13.5. The predicted molar refractivity (Wildman–Crippen MR) is 65.2 cm³/mol. The van der Waals surface area contributed by atoms with E-state index in [4.69, 9.17) is 16.3 Å². The van der Waals surface area contributed by atoms with Crippen molar-refractivity contribution in [3.8, 4) is 5.75 Å². The Hall–Kier alpha value is -1.22. The van der Waals surface area contributed by atoms with Gasteiger partial charge in [-0.15, -0.1) is 0 Å². The summed E-state index contributed by atoms with van der Waals surface area (Å²) >= 11 is 6.02. The summed E-state index contributed by atoms with van der Waals surface area (Å²) in [6.07, 6.45) is 0.847. The zero-order chi connectivity index (χ0) is 12.2. The number of likely N-dealkylation sites (tertiary alicyclic amines) is 1. The molecule has 0 aliphatic carbocycles. The second-order valence-electron chi connectivity index (χ2n) is 5.10. The van der Waals surface area contributed by atoms with E-state index < -0.39 is 0 Å². The molecule has 17 heavy (non-hydrogen) atoms. The normalized spacial score (nSPS) is 29.8. The number of halogens is 1. The van der Waals surface area contributed by atoms with E-state index in [1.165, 1.54) is 0 Å². The maximum atomic E-state index is 11.7. The number of rotatable bonds is 0. The minimum atomic E-state index is -0.253. The van der Waals surface area contributed by atoms with E-state index >= 15 is 0 Å². The van der Waals surface area contributed by atoms with Gasteiger partial charge in [0.1, 0.15) is 11.4 Å². The fraction of sp³-hybridized carbons (Fsp3) is 0.462. The zero-order valence-electron chi connectivity index (χ0n) is 9.87. The minimum absolute atomic E-state index is 0.0927. The molecule has 1 aromatic carbocycles. The molecule has 0 radical (unpaired) electrons. The van der Waals surface area contributed by atoms with Gasteiger partial charge >= 0.3 is 0 Å². The molecule has 2 heterocycles. The molecule has 0 aromatic heterocycles. The molecule has 0 N–H and O–H groups in total. The largest absolute Gasteiger partial charge is 0.485 e. The predicted octanol–water partition coefficient (Wildman–Crippen LogP) is 2.78. The van der Waals surface area contributed by atoms with Crippen molar-refractivity contribution in [2.45, 2.75) is 31.9 Å². The fourth-order valence-electron chi connectivity index (χ4n) is 2.87. The summed E-state index contributed by atoms with van der Waals surface area (Å²) < 4.78 is 5.99. The molecule has 0 spiro atoms. The number of carbonyl (C=O) groups is 1. The highest BCUT2D eigenvalue weighted by molar-refractivity contribution is 6.30. The number of carbonyl (C=O) groups excluding carboxylic acids is 1. The number of hydrogen-bond donors (Lipinski definition) is 0. The molecule has 1 fully saturated rings. The van der Waals surface area contributed by atoms with Crippen molar-refractivity contribution < 1.29 is 9.53 Å². The number of amides is 1. The molecule has 3 rings (SSSR count). The molecule has 1 aromatic rings. The Morgan fingerprint density at radius 3 is 3.06 bits per heavy atom. The summed E-state index contributed by atoms with van der Waals surface area (Å²) in [5.41, 5.74) is 0.777. The van der Waals surface area contributed by atoms with Gasteiger partial charge in [-0.05, 0) is 25.1 Å². The van der Waals surface area contributed by atoms with Crippen LogP contribution < -0.4 is 4.74 Å². The van der Waals surface area contributed by atoms with E-state index in [0.29, 0.717) is 11.6 Å². The molecule has 0 saturated carbocycles. The number of hydrogen-bond acceptors (Lipinski definition) is 2. The minimum Gasteiger partial charge on any atom is -0.485 e. The van der Waals surface area contributed by atoms with E-state index in [1.807, 2.05) is 23.1 Å². The van der Waals surface area contributed by atoms with Crippen molar-refractivity contribution in [1.82, 2.24) is 4.90 Å². The molecule has 1 saturated heterocycles. The van der Waals surface area contributed by atoms with Crippen LogP contribution in [0, 0.1) is 0 Å². The first-order valence-corrected chi connectivity index (χ1v) is 6.12. The molecular weight excluding hydrogens is 238 g/mol. The molecule has 2 aliphatic rings.